The van der Waals surface area contributed by atoms with Crippen molar-refractivity contribution in [3.63, 3.8) is 0 Å². The maximum Gasteiger partial charge on any atom is 0.187 e. The summed E-state index contributed by atoms with van der Waals surface area (Å²) in [7, 11) is 0. The molecular formula is C28H48O23. The second kappa shape index (κ2) is 17.3. The average molecular weight is 753 g/mol. The Kier molecular flexibility index (Phi) is 14.0. The van der Waals surface area contributed by atoms with E-state index < -0.39 is 161 Å². The molecule has 23 atom stereocenters. The van der Waals surface area contributed by atoms with Crippen molar-refractivity contribution in [3.05, 3.63) is 0 Å². The standard InChI is InChI=1S/C28H48O23/c1-6-22(15(35)20(40)26(45-6)48-9-4-43-24(42)17(37)12(9)32)50-25-18(38)13(33)10(5-44-25)49-27-21(41)16(36)23(8(3-30)47-27)51-28-19(39)14(34)11(31)7(2-29)46-28/h6-42H,2-5H2,1H3. The van der Waals surface area contributed by atoms with Gasteiger partial charge in [0.2, 0.25) is 0 Å². The molecule has 0 aromatic carbocycles. The molecule has 5 heterocycles. The van der Waals surface area contributed by atoms with Crippen LogP contribution in [0.5, 0.6) is 0 Å². The van der Waals surface area contributed by atoms with Gasteiger partial charge in [-0.15, -0.1) is 0 Å². The van der Waals surface area contributed by atoms with E-state index in [4.69, 9.17) is 42.6 Å². The van der Waals surface area contributed by atoms with Gasteiger partial charge in [-0.3, -0.25) is 0 Å². The summed E-state index contributed by atoms with van der Waals surface area (Å²) in [6.07, 6.45) is -37.7. The van der Waals surface area contributed by atoms with Crippen molar-refractivity contribution in [2.75, 3.05) is 26.4 Å². The molecule has 23 heteroatoms. The number of hydrogen-bond donors (Lipinski definition) is 14. The van der Waals surface area contributed by atoms with Crippen molar-refractivity contribution in [3.8, 4) is 0 Å². The molecule has 0 amide bonds. The summed E-state index contributed by atoms with van der Waals surface area (Å²) in [4.78, 5) is 0. The number of aliphatic hydroxyl groups is 14. The molecule has 0 saturated carbocycles. The molecule has 5 aliphatic rings. The van der Waals surface area contributed by atoms with Gasteiger partial charge in [-0.2, -0.15) is 0 Å². The Labute approximate surface area is 289 Å². The third kappa shape index (κ3) is 8.51. The SMILES string of the molecule is CC1OC(OC2COC(O)C(O)C2O)C(O)C(O)C1OC1OCC(OC2OC(CO)C(OC3OC(CO)C(O)C(O)C3O)C(O)C2O)C(O)C1O. The van der Waals surface area contributed by atoms with Crippen LogP contribution in [-0.4, -0.2) is 239 Å². The van der Waals surface area contributed by atoms with Crippen LogP contribution in [0.4, 0.5) is 0 Å². The molecule has 14 N–H and O–H groups in total. The highest BCUT2D eigenvalue weighted by atomic mass is 16.8. The summed E-state index contributed by atoms with van der Waals surface area (Å²) >= 11 is 0. The van der Waals surface area contributed by atoms with Crippen LogP contribution in [0.25, 0.3) is 0 Å². The van der Waals surface area contributed by atoms with Gasteiger partial charge < -0.3 is 114 Å². The summed E-state index contributed by atoms with van der Waals surface area (Å²) in [6, 6.07) is 0. The summed E-state index contributed by atoms with van der Waals surface area (Å²) in [5.41, 5.74) is 0. The Balaban J connectivity index is 1.15. The largest absolute Gasteiger partial charge is 0.394 e. The van der Waals surface area contributed by atoms with Gasteiger partial charge in [-0.05, 0) is 6.92 Å². The third-order valence-corrected chi connectivity index (χ3v) is 9.53. The molecular weight excluding hydrogens is 704 g/mol. The van der Waals surface area contributed by atoms with Crippen LogP contribution < -0.4 is 0 Å². The van der Waals surface area contributed by atoms with Crippen LogP contribution in [0, 0.1) is 0 Å². The monoisotopic (exact) mass is 752 g/mol. The molecule has 5 aliphatic heterocycles. The molecule has 5 fully saturated rings. The van der Waals surface area contributed by atoms with E-state index in [1.54, 1.807) is 0 Å². The predicted molar refractivity (Wildman–Crippen MR) is 153 cm³/mol. The summed E-state index contributed by atoms with van der Waals surface area (Å²) < 4.78 is 49.0. The topological polar surface area (TPSA) is 366 Å². The summed E-state index contributed by atoms with van der Waals surface area (Å²) in [5, 5.41) is 144. The van der Waals surface area contributed by atoms with Crippen LogP contribution in [0.15, 0.2) is 0 Å². The van der Waals surface area contributed by atoms with Crippen LogP contribution in [-0.2, 0) is 42.6 Å². The van der Waals surface area contributed by atoms with Crippen molar-refractivity contribution >= 4 is 0 Å². The first-order chi connectivity index (χ1) is 24.1. The Morgan fingerprint density at radius 2 is 0.882 bits per heavy atom. The molecule has 0 bridgehead atoms. The van der Waals surface area contributed by atoms with Gasteiger partial charge in [0.05, 0.1) is 32.5 Å². The molecule has 0 aliphatic carbocycles. The molecule has 0 radical (unpaired) electrons. The minimum Gasteiger partial charge on any atom is -0.394 e. The van der Waals surface area contributed by atoms with Crippen molar-refractivity contribution in [1.29, 1.82) is 0 Å². The first-order valence-electron chi connectivity index (χ1n) is 16.3. The van der Waals surface area contributed by atoms with Crippen molar-refractivity contribution in [1.82, 2.24) is 0 Å². The van der Waals surface area contributed by atoms with E-state index in [1.165, 1.54) is 6.92 Å². The Morgan fingerprint density at radius 1 is 0.431 bits per heavy atom. The van der Waals surface area contributed by atoms with E-state index in [2.05, 4.69) is 0 Å². The molecule has 5 rings (SSSR count). The maximum atomic E-state index is 10.9. The fourth-order valence-electron chi connectivity index (χ4n) is 6.38. The Morgan fingerprint density at radius 3 is 1.49 bits per heavy atom. The molecule has 0 aromatic heterocycles. The number of hydrogen-bond acceptors (Lipinski definition) is 23. The zero-order valence-corrected chi connectivity index (χ0v) is 27.0. The van der Waals surface area contributed by atoms with Gasteiger partial charge in [0.15, 0.2) is 31.5 Å². The highest BCUT2D eigenvalue weighted by Gasteiger charge is 2.54. The van der Waals surface area contributed by atoms with Crippen LogP contribution in [0.3, 0.4) is 0 Å². The van der Waals surface area contributed by atoms with Crippen molar-refractivity contribution < 1.29 is 114 Å². The minimum absolute atomic E-state index is 0.376. The molecule has 0 spiro atoms. The first kappa shape index (κ1) is 41.2. The van der Waals surface area contributed by atoms with E-state index in [-0.39, 0.29) is 6.61 Å². The fourth-order valence-corrected chi connectivity index (χ4v) is 6.38. The van der Waals surface area contributed by atoms with Crippen LogP contribution >= 0.6 is 0 Å². The fraction of sp³-hybridized carbons (Fsp3) is 1.00. The van der Waals surface area contributed by atoms with Gasteiger partial charge in [0.25, 0.3) is 0 Å². The van der Waals surface area contributed by atoms with Gasteiger partial charge >= 0.3 is 0 Å². The van der Waals surface area contributed by atoms with Gasteiger partial charge in [-0.1, -0.05) is 0 Å². The highest BCUT2D eigenvalue weighted by molar-refractivity contribution is 4.96. The number of rotatable bonds is 10. The van der Waals surface area contributed by atoms with Gasteiger partial charge in [0.1, 0.15) is 104 Å². The lowest BCUT2D eigenvalue weighted by molar-refractivity contribution is -0.380. The zero-order chi connectivity index (χ0) is 37.5. The lowest BCUT2D eigenvalue weighted by Gasteiger charge is -2.47. The average Bonchev–Trinajstić information content (AvgIpc) is 3.11. The molecule has 0 aromatic rings. The van der Waals surface area contributed by atoms with Crippen LogP contribution in [0.1, 0.15) is 6.92 Å². The minimum atomic E-state index is -1.94. The second-order valence-corrected chi connectivity index (χ2v) is 13.0. The van der Waals surface area contributed by atoms with E-state index in [0.29, 0.717) is 0 Å². The third-order valence-electron chi connectivity index (χ3n) is 9.53. The van der Waals surface area contributed by atoms with E-state index in [9.17, 15) is 71.5 Å². The molecule has 298 valence electrons. The summed E-state index contributed by atoms with van der Waals surface area (Å²) in [6.45, 7) is -1.11. The number of ether oxygens (including phenoxy) is 9. The van der Waals surface area contributed by atoms with Gasteiger partial charge in [-0.25, -0.2) is 0 Å². The van der Waals surface area contributed by atoms with E-state index in [0.717, 1.165) is 0 Å². The molecule has 23 unspecified atom stereocenters. The second-order valence-electron chi connectivity index (χ2n) is 13.0. The smallest absolute Gasteiger partial charge is 0.187 e. The zero-order valence-electron chi connectivity index (χ0n) is 27.0. The first-order valence-corrected chi connectivity index (χ1v) is 16.3. The molecule has 23 nitrogen and oxygen atoms in total. The van der Waals surface area contributed by atoms with E-state index in [1.807, 2.05) is 0 Å². The lowest BCUT2D eigenvalue weighted by atomic mass is 9.96. The quantitative estimate of drug-likeness (QED) is 0.0985. The van der Waals surface area contributed by atoms with Crippen molar-refractivity contribution in [2.45, 2.75) is 148 Å². The van der Waals surface area contributed by atoms with Gasteiger partial charge in [0, 0.05) is 0 Å². The maximum absolute atomic E-state index is 10.9. The molecule has 51 heavy (non-hydrogen) atoms. The predicted octanol–water partition coefficient (Wildman–Crippen LogP) is -9.62. The highest BCUT2D eigenvalue weighted by Crippen LogP contribution is 2.33. The Bertz CT molecular complexity index is 1090. The molecule has 5 saturated heterocycles. The number of aliphatic hydroxyl groups excluding tert-OH is 14. The van der Waals surface area contributed by atoms with Crippen molar-refractivity contribution in [2.24, 2.45) is 0 Å². The normalized spacial score (nSPS) is 54.3. The van der Waals surface area contributed by atoms with E-state index >= 15 is 0 Å². The lowest BCUT2D eigenvalue weighted by Crippen LogP contribution is -2.66. The Hall–Kier alpha value is -0.920. The summed E-state index contributed by atoms with van der Waals surface area (Å²) in [5.74, 6) is 0. The van der Waals surface area contributed by atoms with Crippen LogP contribution in [0.2, 0.25) is 0 Å².